The van der Waals surface area contributed by atoms with E-state index in [0.717, 1.165) is 24.4 Å². The molecule has 0 aromatic carbocycles. The number of hydrogen-bond acceptors (Lipinski definition) is 5. The van der Waals surface area contributed by atoms with Gasteiger partial charge in [0.25, 0.3) is 0 Å². The summed E-state index contributed by atoms with van der Waals surface area (Å²) in [5.41, 5.74) is 2.33. The lowest BCUT2D eigenvalue weighted by atomic mass is 10.2. The molecule has 0 radical (unpaired) electrons. The van der Waals surface area contributed by atoms with Gasteiger partial charge in [-0.15, -0.1) is 0 Å². The molecule has 2 rings (SSSR count). The van der Waals surface area contributed by atoms with Gasteiger partial charge in [0, 0.05) is 20.0 Å². The van der Waals surface area contributed by atoms with Crippen molar-refractivity contribution in [2.24, 2.45) is 0 Å². The molecule has 0 saturated carbocycles. The average Bonchev–Trinajstić information content (AvgIpc) is 2.94. The third kappa shape index (κ3) is 4.59. The van der Waals surface area contributed by atoms with Crippen molar-refractivity contribution in [1.82, 2.24) is 14.8 Å². The Morgan fingerprint density at radius 2 is 2.04 bits per heavy atom. The fourth-order valence-corrected chi connectivity index (χ4v) is 2.69. The maximum Gasteiger partial charge on any atom is 0.339 e. The molecule has 0 saturated heterocycles. The highest BCUT2D eigenvalue weighted by atomic mass is 16.4. The number of aromatic nitrogens is 3. The van der Waals surface area contributed by atoms with Crippen LogP contribution in [0.2, 0.25) is 0 Å². The molecule has 26 heavy (non-hydrogen) atoms. The highest BCUT2D eigenvalue weighted by Gasteiger charge is 2.18. The van der Waals surface area contributed by atoms with E-state index >= 15 is 0 Å². The first-order valence-electron chi connectivity index (χ1n) is 8.63. The minimum atomic E-state index is -1.09. The molecule has 0 aliphatic rings. The van der Waals surface area contributed by atoms with Crippen molar-refractivity contribution < 1.29 is 14.7 Å². The van der Waals surface area contributed by atoms with Gasteiger partial charge >= 0.3 is 5.97 Å². The lowest BCUT2D eigenvalue weighted by molar-refractivity contribution is -0.115. The van der Waals surface area contributed by atoms with E-state index in [1.165, 1.54) is 12.3 Å². The number of hydrogen-bond donors (Lipinski definition) is 2. The van der Waals surface area contributed by atoms with Gasteiger partial charge in [-0.2, -0.15) is 5.10 Å². The summed E-state index contributed by atoms with van der Waals surface area (Å²) >= 11 is 0. The fourth-order valence-electron chi connectivity index (χ4n) is 2.69. The Morgan fingerprint density at radius 3 is 2.65 bits per heavy atom. The van der Waals surface area contributed by atoms with Gasteiger partial charge in [-0.25, -0.2) is 9.78 Å². The number of aryl methyl sites for hydroxylation is 2. The Balaban J connectivity index is 2.29. The van der Waals surface area contributed by atoms with Crippen LogP contribution in [0, 0.1) is 6.92 Å². The third-order valence-electron chi connectivity index (χ3n) is 3.88. The number of amides is 1. The Kier molecular flexibility index (Phi) is 6.32. The normalized spacial score (nSPS) is 10.6. The summed E-state index contributed by atoms with van der Waals surface area (Å²) < 4.78 is 1.93. The van der Waals surface area contributed by atoms with E-state index < -0.39 is 5.97 Å². The van der Waals surface area contributed by atoms with E-state index in [-0.39, 0.29) is 11.5 Å². The largest absolute Gasteiger partial charge is 0.478 e. The quantitative estimate of drug-likeness (QED) is 0.751. The minimum Gasteiger partial charge on any atom is -0.478 e. The van der Waals surface area contributed by atoms with Crippen molar-refractivity contribution in [3.05, 3.63) is 35.3 Å². The number of carbonyl (C=O) groups excluding carboxylic acids is 1. The van der Waals surface area contributed by atoms with E-state index in [4.69, 9.17) is 0 Å². The second kappa shape index (κ2) is 8.46. The summed E-state index contributed by atoms with van der Waals surface area (Å²) in [4.78, 5) is 29.2. The topological polar surface area (TPSA) is 100 Å². The highest BCUT2D eigenvalue weighted by Crippen LogP contribution is 2.22. The van der Waals surface area contributed by atoms with Gasteiger partial charge in [-0.3, -0.25) is 9.48 Å². The monoisotopic (exact) mass is 359 g/mol. The van der Waals surface area contributed by atoms with Crippen LogP contribution in [0.4, 0.5) is 11.5 Å². The van der Waals surface area contributed by atoms with Gasteiger partial charge in [0.1, 0.15) is 11.4 Å². The summed E-state index contributed by atoms with van der Waals surface area (Å²) in [6, 6.07) is 3.42. The van der Waals surface area contributed by atoms with E-state index in [2.05, 4.69) is 22.3 Å². The van der Waals surface area contributed by atoms with E-state index in [9.17, 15) is 14.7 Å². The molecular weight excluding hydrogens is 334 g/mol. The van der Waals surface area contributed by atoms with Crippen LogP contribution in [-0.2, 0) is 17.9 Å². The van der Waals surface area contributed by atoms with Gasteiger partial charge in [0.2, 0.25) is 5.91 Å². The predicted octanol–water partition coefficient (Wildman–Crippen LogP) is 2.68. The minimum absolute atomic E-state index is 0.0414. The van der Waals surface area contributed by atoms with E-state index in [0.29, 0.717) is 24.5 Å². The number of carboxylic acid groups (broad SMARTS) is 1. The van der Waals surface area contributed by atoms with Crippen LogP contribution in [0.1, 0.15) is 48.4 Å². The van der Waals surface area contributed by atoms with Crippen LogP contribution in [0.5, 0.6) is 0 Å². The summed E-state index contributed by atoms with van der Waals surface area (Å²) in [6.45, 7) is 7.02. The first-order chi connectivity index (χ1) is 12.3. The van der Waals surface area contributed by atoms with Crippen LogP contribution in [-0.4, -0.2) is 38.8 Å². The van der Waals surface area contributed by atoms with Crippen molar-refractivity contribution in [1.29, 1.82) is 0 Å². The van der Waals surface area contributed by atoms with Crippen LogP contribution in [0.25, 0.3) is 0 Å². The number of carbonyl (C=O) groups is 2. The van der Waals surface area contributed by atoms with Crippen molar-refractivity contribution in [2.45, 2.75) is 46.7 Å². The Hall–Kier alpha value is -2.90. The molecule has 0 atom stereocenters. The van der Waals surface area contributed by atoms with Gasteiger partial charge < -0.3 is 15.3 Å². The fraction of sp³-hybridized carbons (Fsp3) is 0.444. The zero-order chi connectivity index (χ0) is 19.3. The Labute approximate surface area is 152 Å². The maximum absolute atomic E-state index is 11.7. The number of anilines is 2. The first kappa shape index (κ1) is 19.4. The molecule has 2 N–H and O–H groups in total. The van der Waals surface area contributed by atoms with Gasteiger partial charge in [-0.1, -0.05) is 13.8 Å². The van der Waals surface area contributed by atoms with Crippen LogP contribution < -0.4 is 10.2 Å². The molecular formula is C18H25N5O3. The van der Waals surface area contributed by atoms with Crippen molar-refractivity contribution in [2.75, 3.05) is 17.3 Å². The number of nitrogens with one attached hydrogen (secondary N) is 1. The lowest BCUT2D eigenvalue weighted by Crippen LogP contribution is -2.23. The summed E-state index contributed by atoms with van der Waals surface area (Å²) in [5.74, 6) is -0.942. The molecule has 8 heteroatoms. The summed E-state index contributed by atoms with van der Waals surface area (Å²) in [6.07, 6.45) is 2.74. The third-order valence-corrected chi connectivity index (χ3v) is 3.88. The number of carboxylic acids is 1. The SMILES string of the molecule is CCCn1nc(C)cc1CN(C)c1ncc(NC(=O)CC)cc1C(=O)O. The lowest BCUT2D eigenvalue weighted by Gasteiger charge is -2.21. The number of rotatable bonds is 8. The first-order valence-corrected chi connectivity index (χ1v) is 8.63. The van der Waals surface area contributed by atoms with Crippen LogP contribution in [0.3, 0.4) is 0 Å². The second-order valence-electron chi connectivity index (χ2n) is 6.16. The molecule has 0 unspecified atom stereocenters. The zero-order valence-corrected chi connectivity index (χ0v) is 15.6. The van der Waals surface area contributed by atoms with Crippen molar-refractivity contribution in [3.8, 4) is 0 Å². The highest BCUT2D eigenvalue weighted by molar-refractivity contribution is 5.96. The molecule has 0 aliphatic carbocycles. The smallest absolute Gasteiger partial charge is 0.339 e. The average molecular weight is 359 g/mol. The molecule has 140 valence electrons. The summed E-state index contributed by atoms with van der Waals surface area (Å²) in [7, 11) is 1.79. The molecule has 2 aromatic rings. The van der Waals surface area contributed by atoms with Crippen molar-refractivity contribution in [3.63, 3.8) is 0 Å². The predicted molar refractivity (Wildman–Crippen MR) is 99.5 cm³/mol. The number of nitrogens with zero attached hydrogens (tertiary/aromatic N) is 4. The second-order valence-corrected chi connectivity index (χ2v) is 6.16. The molecule has 2 aromatic heterocycles. The summed E-state index contributed by atoms with van der Waals surface area (Å²) in [5, 5.41) is 16.6. The van der Waals surface area contributed by atoms with Gasteiger partial charge in [0.05, 0.1) is 29.8 Å². The molecule has 0 spiro atoms. The zero-order valence-electron chi connectivity index (χ0n) is 15.6. The molecule has 2 heterocycles. The maximum atomic E-state index is 11.7. The molecule has 0 fully saturated rings. The van der Waals surface area contributed by atoms with Crippen LogP contribution in [0.15, 0.2) is 18.3 Å². The van der Waals surface area contributed by atoms with E-state index in [1.807, 2.05) is 17.7 Å². The Morgan fingerprint density at radius 1 is 1.31 bits per heavy atom. The molecule has 0 bridgehead atoms. The van der Waals surface area contributed by atoms with Crippen LogP contribution >= 0.6 is 0 Å². The molecule has 0 aliphatic heterocycles. The van der Waals surface area contributed by atoms with E-state index in [1.54, 1.807) is 18.9 Å². The molecule has 1 amide bonds. The Bertz CT molecular complexity index is 800. The van der Waals surface area contributed by atoms with Crippen molar-refractivity contribution >= 4 is 23.4 Å². The van der Waals surface area contributed by atoms with Gasteiger partial charge in [-0.05, 0) is 25.5 Å². The molecule has 8 nitrogen and oxygen atoms in total. The number of aromatic carboxylic acids is 1. The standard InChI is InChI=1S/C18H25N5O3/c1-5-7-23-14(8-12(3)21-23)11-22(4)17-15(18(25)26)9-13(10-19-17)20-16(24)6-2/h8-10H,5-7,11H2,1-4H3,(H,20,24)(H,25,26). The van der Waals surface area contributed by atoms with Gasteiger partial charge in [0.15, 0.2) is 0 Å². The number of pyridine rings is 1.